The van der Waals surface area contributed by atoms with Gasteiger partial charge in [-0.3, -0.25) is 0 Å². The van der Waals surface area contributed by atoms with Crippen molar-refractivity contribution in [1.82, 2.24) is 4.98 Å². The third-order valence-electron chi connectivity index (χ3n) is 2.44. The van der Waals surface area contributed by atoms with Crippen LogP contribution in [0.15, 0.2) is 23.6 Å². The topological polar surface area (TPSA) is 57.9 Å². The van der Waals surface area contributed by atoms with E-state index in [2.05, 4.69) is 16.4 Å². The van der Waals surface area contributed by atoms with E-state index in [1.165, 1.54) is 0 Å². The van der Waals surface area contributed by atoms with E-state index < -0.39 is 0 Å². The Hall–Kier alpha value is -2.06. The first-order valence-electron chi connectivity index (χ1n) is 5.46. The number of hydrogen-bond acceptors (Lipinski definition) is 5. The van der Waals surface area contributed by atoms with E-state index in [1.54, 1.807) is 30.6 Å². The second-order valence-corrected chi connectivity index (χ2v) is 4.70. The molecule has 5 heteroatoms. The van der Waals surface area contributed by atoms with Crippen LogP contribution in [0.5, 0.6) is 5.75 Å². The number of nitrogens with zero attached hydrogens (tertiary/aromatic N) is 2. The van der Waals surface area contributed by atoms with Gasteiger partial charge >= 0.3 is 0 Å². The minimum absolute atomic E-state index is 0.601. The van der Waals surface area contributed by atoms with Crippen molar-refractivity contribution in [2.45, 2.75) is 13.5 Å². The van der Waals surface area contributed by atoms with Crippen LogP contribution < -0.4 is 10.1 Å². The number of thiazole rings is 1. The largest absolute Gasteiger partial charge is 0.497 e. The molecule has 1 heterocycles. The number of benzene rings is 1. The van der Waals surface area contributed by atoms with Gasteiger partial charge in [-0.15, -0.1) is 11.3 Å². The number of nitrogens with one attached hydrogen (secondary N) is 1. The Bertz CT molecular complexity index is 586. The minimum atomic E-state index is 0.601. The van der Waals surface area contributed by atoms with Crippen molar-refractivity contribution in [3.05, 3.63) is 39.8 Å². The van der Waals surface area contributed by atoms with Crippen LogP contribution in [0.3, 0.4) is 0 Å². The molecule has 0 spiro atoms. The molecule has 0 amide bonds. The van der Waals surface area contributed by atoms with Crippen molar-refractivity contribution in [1.29, 1.82) is 5.26 Å². The number of anilines is 1. The van der Waals surface area contributed by atoms with E-state index in [9.17, 15) is 0 Å². The van der Waals surface area contributed by atoms with Crippen molar-refractivity contribution in [3.8, 4) is 11.8 Å². The highest BCUT2D eigenvalue weighted by Crippen LogP contribution is 2.22. The highest BCUT2D eigenvalue weighted by Gasteiger charge is 2.05. The summed E-state index contributed by atoms with van der Waals surface area (Å²) in [4.78, 5) is 4.37. The average molecular weight is 259 g/mol. The maximum atomic E-state index is 9.04. The first kappa shape index (κ1) is 12.4. The van der Waals surface area contributed by atoms with E-state index in [4.69, 9.17) is 10.00 Å². The van der Waals surface area contributed by atoms with Gasteiger partial charge in [0.25, 0.3) is 0 Å². The Labute approximate surface area is 110 Å². The fraction of sp³-hybridized carbons (Fsp3) is 0.231. The first-order chi connectivity index (χ1) is 8.72. The van der Waals surface area contributed by atoms with Gasteiger partial charge in [-0.2, -0.15) is 5.26 Å². The van der Waals surface area contributed by atoms with Gasteiger partial charge in [0, 0.05) is 17.1 Å². The Balaban J connectivity index is 2.15. The van der Waals surface area contributed by atoms with Gasteiger partial charge in [-0.25, -0.2) is 4.98 Å². The lowest BCUT2D eigenvalue weighted by Crippen LogP contribution is -2.01. The van der Waals surface area contributed by atoms with Gasteiger partial charge in [-0.05, 0) is 19.1 Å². The van der Waals surface area contributed by atoms with Crippen LogP contribution in [0, 0.1) is 18.3 Å². The van der Waals surface area contributed by atoms with Crippen molar-refractivity contribution in [2.75, 3.05) is 12.4 Å². The Morgan fingerprint density at radius 2 is 2.33 bits per heavy atom. The summed E-state index contributed by atoms with van der Waals surface area (Å²) in [6.07, 6.45) is 0. The zero-order valence-corrected chi connectivity index (χ0v) is 11.0. The molecule has 0 unspecified atom stereocenters. The molecule has 0 atom stereocenters. The molecule has 4 nitrogen and oxygen atoms in total. The summed E-state index contributed by atoms with van der Waals surface area (Å²) < 4.78 is 5.15. The van der Waals surface area contributed by atoms with Gasteiger partial charge in [0.2, 0.25) is 0 Å². The Morgan fingerprint density at radius 1 is 1.50 bits per heavy atom. The van der Waals surface area contributed by atoms with Crippen LogP contribution in [-0.2, 0) is 6.54 Å². The monoisotopic (exact) mass is 259 g/mol. The summed E-state index contributed by atoms with van der Waals surface area (Å²) in [5.74, 6) is 0.729. The molecule has 0 saturated heterocycles. The molecule has 1 aromatic heterocycles. The molecule has 92 valence electrons. The first-order valence-corrected chi connectivity index (χ1v) is 6.34. The summed E-state index contributed by atoms with van der Waals surface area (Å²) in [7, 11) is 1.61. The Morgan fingerprint density at radius 3 is 2.94 bits per heavy atom. The van der Waals surface area contributed by atoms with Crippen molar-refractivity contribution >= 4 is 17.0 Å². The van der Waals surface area contributed by atoms with Crippen LogP contribution in [0.25, 0.3) is 0 Å². The number of hydrogen-bond donors (Lipinski definition) is 1. The molecular formula is C13H13N3OS. The number of rotatable bonds is 4. The summed E-state index contributed by atoms with van der Waals surface area (Å²) >= 11 is 1.60. The number of nitriles is 1. The molecule has 0 fully saturated rings. The molecule has 0 aliphatic carbocycles. The molecule has 0 saturated carbocycles. The van der Waals surface area contributed by atoms with Crippen LogP contribution >= 0.6 is 11.3 Å². The SMILES string of the molecule is COc1ccc(C#N)c(NCc2nc(C)cs2)c1. The summed E-state index contributed by atoms with van der Waals surface area (Å²) in [6.45, 7) is 2.58. The van der Waals surface area contributed by atoms with E-state index in [1.807, 2.05) is 18.4 Å². The van der Waals surface area contributed by atoms with E-state index >= 15 is 0 Å². The van der Waals surface area contributed by atoms with Crippen LogP contribution in [0.4, 0.5) is 5.69 Å². The molecule has 0 bridgehead atoms. The van der Waals surface area contributed by atoms with Gasteiger partial charge in [0.1, 0.15) is 16.8 Å². The van der Waals surface area contributed by atoms with Crippen LogP contribution in [0.2, 0.25) is 0 Å². The molecule has 2 rings (SSSR count). The number of aromatic nitrogens is 1. The highest BCUT2D eigenvalue weighted by atomic mass is 32.1. The zero-order valence-electron chi connectivity index (χ0n) is 10.2. The third-order valence-corrected chi connectivity index (χ3v) is 3.41. The maximum absolute atomic E-state index is 9.04. The summed E-state index contributed by atoms with van der Waals surface area (Å²) in [6, 6.07) is 7.49. The maximum Gasteiger partial charge on any atom is 0.121 e. The predicted molar refractivity (Wildman–Crippen MR) is 71.9 cm³/mol. The zero-order chi connectivity index (χ0) is 13.0. The average Bonchev–Trinajstić information content (AvgIpc) is 2.81. The third kappa shape index (κ3) is 2.79. The van der Waals surface area contributed by atoms with Crippen molar-refractivity contribution < 1.29 is 4.74 Å². The molecule has 1 N–H and O–H groups in total. The van der Waals surface area contributed by atoms with Gasteiger partial charge < -0.3 is 10.1 Å². The molecule has 0 radical (unpaired) electrons. The fourth-order valence-electron chi connectivity index (χ4n) is 1.55. The lowest BCUT2D eigenvalue weighted by molar-refractivity contribution is 0.415. The standard InChI is InChI=1S/C13H13N3OS/c1-9-8-18-13(16-9)7-15-12-5-11(17-2)4-3-10(12)6-14/h3-5,8,15H,7H2,1-2H3. The molecular weight excluding hydrogens is 246 g/mol. The highest BCUT2D eigenvalue weighted by molar-refractivity contribution is 7.09. The van der Waals surface area contributed by atoms with E-state index in [-0.39, 0.29) is 0 Å². The Kier molecular flexibility index (Phi) is 3.80. The molecule has 18 heavy (non-hydrogen) atoms. The second kappa shape index (κ2) is 5.52. The van der Waals surface area contributed by atoms with Crippen LogP contribution in [-0.4, -0.2) is 12.1 Å². The fourth-order valence-corrected chi connectivity index (χ4v) is 2.26. The molecule has 0 aliphatic heterocycles. The van der Waals surface area contributed by atoms with E-state index in [0.717, 1.165) is 22.1 Å². The normalized spacial score (nSPS) is 9.83. The molecule has 0 aliphatic rings. The quantitative estimate of drug-likeness (QED) is 0.917. The molecule has 1 aromatic carbocycles. The predicted octanol–water partition coefficient (Wildman–Crippen LogP) is 2.94. The van der Waals surface area contributed by atoms with Crippen molar-refractivity contribution in [3.63, 3.8) is 0 Å². The second-order valence-electron chi connectivity index (χ2n) is 3.76. The smallest absolute Gasteiger partial charge is 0.121 e. The van der Waals surface area contributed by atoms with Gasteiger partial charge in [-0.1, -0.05) is 0 Å². The number of aryl methyl sites for hydroxylation is 1. The summed E-state index contributed by atoms with van der Waals surface area (Å²) in [5.41, 5.74) is 2.39. The van der Waals surface area contributed by atoms with Gasteiger partial charge in [0.05, 0.1) is 24.9 Å². The van der Waals surface area contributed by atoms with Crippen molar-refractivity contribution in [2.24, 2.45) is 0 Å². The molecule has 2 aromatic rings. The van der Waals surface area contributed by atoms with Gasteiger partial charge in [0.15, 0.2) is 0 Å². The minimum Gasteiger partial charge on any atom is -0.497 e. The lowest BCUT2D eigenvalue weighted by atomic mass is 10.2. The number of methoxy groups -OCH3 is 1. The summed E-state index contributed by atoms with van der Waals surface area (Å²) in [5, 5.41) is 15.3. The lowest BCUT2D eigenvalue weighted by Gasteiger charge is -2.08. The van der Waals surface area contributed by atoms with Crippen LogP contribution in [0.1, 0.15) is 16.3 Å². The number of ether oxygens (including phenoxy) is 1. The van der Waals surface area contributed by atoms with E-state index in [0.29, 0.717) is 12.1 Å².